The maximum atomic E-state index is 11.9. The maximum absolute atomic E-state index is 11.9. The average Bonchev–Trinajstić information content (AvgIpc) is 2.90. The summed E-state index contributed by atoms with van der Waals surface area (Å²) in [6, 6.07) is 2.00. The van der Waals surface area contributed by atoms with Gasteiger partial charge in [0.1, 0.15) is 0 Å². The Hall–Kier alpha value is -1.36. The van der Waals surface area contributed by atoms with Crippen molar-refractivity contribution in [1.82, 2.24) is 15.1 Å². The van der Waals surface area contributed by atoms with Crippen LogP contribution in [0.5, 0.6) is 0 Å². The fraction of sp³-hybridized carbons (Fsp3) is 0.714. The minimum Gasteiger partial charge on any atom is -0.381 e. The molecule has 0 spiro atoms. The minimum atomic E-state index is 0.113. The first kappa shape index (κ1) is 14.1. The number of hydrogen-bond acceptors (Lipinski definition) is 3. The summed E-state index contributed by atoms with van der Waals surface area (Å²) in [6.45, 7) is 4.42. The van der Waals surface area contributed by atoms with Crippen LogP contribution in [0.3, 0.4) is 0 Å². The number of rotatable bonds is 6. The SMILES string of the molecule is C[C@H](Cn1cccn1)NC(=O)CCC1CCOCC1. The summed E-state index contributed by atoms with van der Waals surface area (Å²) in [4.78, 5) is 11.9. The van der Waals surface area contributed by atoms with Crippen molar-refractivity contribution in [2.75, 3.05) is 13.2 Å². The number of nitrogens with zero attached hydrogens (tertiary/aromatic N) is 2. The van der Waals surface area contributed by atoms with Gasteiger partial charge in [-0.25, -0.2) is 0 Å². The van der Waals surface area contributed by atoms with E-state index in [0.717, 1.165) is 39.0 Å². The second-order valence-corrected chi connectivity index (χ2v) is 5.29. The van der Waals surface area contributed by atoms with Gasteiger partial charge in [-0.2, -0.15) is 5.10 Å². The third-order valence-electron chi connectivity index (χ3n) is 3.55. The first-order valence-electron chi connectivity index (χ1n) is 7.08. The van der Waals surface area contributed by atoms with Gasteiger partial charge in [0.05, 0.1) is 6.54 Å². The van der Waals surface area contributed by atoms with Crippen molar-refractivity contribution in [2.45, 2.75) is 45.2 Å². The summed E-state index contributed by atoms with van der Waals surface area (Å²) >= 11 is 0. The molecule has 5 nitrogen and oxygen atoms in total. The van der Waals surface area contributed by atoms with Gasteiger partial charge in [-0.05, 0) is 38.2 Å². The molecule has 1 saturated heterocycles. The zero-order valence-electron chi connectivity index (χ0n) is 11.5. The van der Waals surface area contributed by atoms with Crippen molar-refractivity contribution in [1.29, 1.82) is 0 Å². The van der Waals surface area contributed by atoms with Crippen LogP contribution in [0.1, 0.15) is 32.6 Å². The van der Waals surface area contributed by atoms with E-state index >= 15 is 0 Å². The lowest BCUT2D eigenvalue weighted by Crippen LogP contribution is -2.36. The molecule has 2 rings (SSSR count). The third kappa shape index (κ3) is 5.03. The van der Waals surface area contributed by atoms with Gasteiger partial charge in [-0.1, -0.05) is 0 Å². The van der Waals surface area contributed by atoms with E-state index in [-0.39, 0.29) is 11.9 Å². The molecule has 0 aliphatic carbocycles. The molecule has 0 aromatic carbocycles. The average molecular weight is 265 g/mol. The Morgan fingerprint density at radius 1 is 1.53 bits per heavy atom. The molecule has 1 aromatic rings. The molecule has 5 heteroatoms. The highest BCUT2D eigenvalue weighted by Gasteiger charge is 2.16. The van der Waals surface area contributed by atoms with Gasteiger partial charge >= 0.3 is 0 Å². The van der Waals surface area contributed by atoms with Gasteiger partial charge in [0.2, 0.25) is 5.91 Å². The highest BCUT2D eigenvalue weighted by Crippen LogP contribution is 2.19. The molecular formula is C14H23N3O2. The molecule has 1 aromatic heterocycles. The maximum Gasteiger partial charge on any atom is 0.220 e. The van der Waals surface area contributed by atoms with Gasteiger partial charge in [0.25, 0.3) is 0 Å². The third-order valence-corrected chi connectivity index (χ3v) is 3.55. The Bertz CT molecular complexity index is 372. The summed E-state index contributed by atoms with van der Waals surface area (Å²) in [5, 5.41) is 7.16. The lowest BCUT2D eigenvalue weighted by Gasteiger charge is -2.22. The molecule has 2 heterocycles. The Labute approximate surface area is 114 Å². The van der Waals surface area contributed by atoms with Gasteiger partial charge in [0, 0.05) is 38.1 Å². The normalized spacial score (nSPS) is 18.2. The summed E-state index contributed by atoms with van der Waals surface area (Å²) in [7, 11) is 0. The van der Waals surface area contributed by atoms with Crippen LogP contribution in [0.2, 0.25) is 0 Å². The molecule has 1 fully saturated rings. The summed E-state index contributed by atoms with van der Waals surface area (Å²) in [5.41, 5.74) is 0. The topological polar surface area (TPSA) is 56.2 Å². The van der Waals surface area contributed by atoms with E-state index in [1.807, 2.05) is 23.9 Å². The van der Waals surface area contributed by atoms with Gasteiger partial charge < -0.3 is 10.1 Å². The van der Waals surface area contributed by atoms with Crippen LogP contribution in [0.15, 0.2) is 18.5 Å². The van der Waals surface area contributed by atoms with Gasteiger partial charge in [-0.15, -0.1) is 0 Å². The van der Waals surface area contributed by atoms with E-state index in [9.17, 15) is 4.79 Å². The summed E-state index contributed by atoms with van der Waals surface area (Å²) in [5.74, 6) is 0.798. The smallest absolute Gasteiger partial charge is 0.220 e. The molecular weight excluding hydrogens is 242 g/mol. The van der Waals surface area contributed by atoms with Crippen LogP contribution in [0.25, 0.3) is 0 Å². The van der Waals surface area contributed by atoms with Crippen LogP contribution >= 0.6 is 0 Å². The lowest BCUT2D eigenvalue weighted by molar-refractivity contribution is -0.122. The Morgan fingerprint density at radius 3 is 3.00 bits per heavy atom. The lowest BCUT2D eigenvalue weighted by atomic mass is 9.95. The molecule has 106 valence electrons. The standard InChI is InChI=1S/C14H23N3O2/c1-12(11-17-8-2-7-15-17)16-14(18)4-3-13-5-9-19-10-6-13/h2,7-8,12-13H,3-6,9-11H2,1H3,(H,16,18)/t12-/m1/s1. The van der Waals surface area contributed by atoms with Crippen molar-refractivity contribution in [2.24, 2.45) is 5.92 Å². The summed E-state index contributed by atoms with van der Waals surface area (Å²) in [6.07, 6.45) is 7.44. The van der Waals surface area contributed by atoms with E-state index in [0.29, 0.717) is 12.3 Å². The van der Waals surface area contributed by atoms with E-state index < -0.39 is 0 Å². The van der Waals surface area contributed by atoms with Crippen molar-refractivity contribution in [3.8, 4) is 0 Å². The Morgan fingerprint density at radius 2 is 2.32 bits per heavy atom. The van der Waals surface area contributed by atoms with Crippen molar-refractivity contribution in [3.63, 3.8) is 0 Å². The van der Waals surface area contributed by atoms with E-state index in [1.165, 1.54) is 0 Å². The zero-order chi connectivity index (χ0) is 13.5. The first-order chi connectivity index (χ1) is 9.24. The second kappa shape index (κ2) is 7.28. The fourth-order valence-electron chi connectivity index (χ4n) is 2.45. The Kier molecular flexibility index (Phi) is 5.39. The number of amides is 1. The Balaban J connectivity index is 1.63. The molecule has 0 bridgehead atoms. The number of hydrogen-bond donors (Lipinski definition) is 1. The number of carbonyl (C=O) groups excluding carboxylic acids is 1. The molecule has 0 radical (unpaired) electrons. The largest absolute Gasteiger partial charge is 0.381 e. The summed E-state index contributed by atoms with van der Waals surface area (Å²) < 4.78 is 7.16. The van der Waals surface area contributed by atoms with Gasteiger partial charge in [0.15, 0.2) is 0 Å². The second-order valence-electron chi connectivity index (χ2n) is 5.29. The molecule has 1 N–H and O–H groups in total. The predicted molar refractivity (Wildman–Crippen MR) is 72.6 cm³/mol. The molecule has 1 aliphatic heterocycles. The zero-order valence-corrected chi connectivity index (χ0v) is 11.5. The van der Waals surface area contributed by atoms with Crippen molar-refractivity contribution >= 4 is 5.91 Å². The highest BCUT2D eigenvalue weighted by atomic mass is 16.5. The molecule has 0 unspecified atom stereocenters. The highest BCUT2D eigenvalue weighted by molar-refractivity contribution is 5.76. The predicted octanol–water partition coefficient (Wildman–Crippen LogP) is 1.59. The monoisotopic (exact) mass is 265 g/mol. The molecule has 1 aliphatic rings. The van der Waals surface area contributed by atoms with Crippen molar-refractivity contribution < 1.29 is 9.53 Å². The van der Waals surface area contributed by atoms with Crippen LogP contribution in [0, 0.1) is 5.92 Å². The number of carbonyl (C=O) groups is 1. The van der Waals surface area contributed by atoms with E-state index in [2.05, 4.69) is 10.4 Å². The van der Waals surface area contributed by atoms with Gasteiger partial charge in [-0.3, -0.25) is 9.48 Å². The van der Waals surface area contributed by atoms with Crippen LogP contribution in [0.4, 0.5) is 0 Å². The first-order valence-corrected chi connectivity index (χ1v) is 7.08. The molecule has 0 saturated carbocycles. The van der Waals surface area contributed by atoms with Crippen LogP contribution in [-0.4, -0.2) is 34.9 Å². The number of aromatic nitrogens is 2. The molecule has 1 amide bonds. The van der Waals surface area contributed by atoms with Crippen LogP contribution < -0.4 is 5.32 Å². The number of nitrogens with one attached hydrogen (secondary N) is 1. The van der Waals surface area contributed by atoms with Crippen molar-refractivity contribution in [3.05, 3.63) is 18.5 Å². The minimum absolute atomic E-state index is 0.113. The van der Waals surface area contributed by atoms with E-state index in [4.69, 9.17) is 4.74 Å². The molecule has 1 atom stereocenters. The molecule has 19 heavy (non-hydrogen) atoms. The van der Waals surface area contributed by atoms with Crippen LogP contribution in [-0.2, 0) is 16.1 Å². The number of ether oxygens (including phenoxy) is 1. The van der Waals surface area contributed by atoms with E-state index in [1.54, 1.807) is 6.20 Å². The quantitative estimate of drug-likeness (QED) is 0.850. The fourth-order valence-corrected chi connectivity index (χ4v) is 2.45.